The Balaban J connectivity index is 3.57. The van der Waals surface area contributed by atoms with Gasteiger partial charge in [-0.3, -0.25) is 4.79 Å². The molecule has 2 atom stereocenters. The molecule has 0 aromatic rings. The second-order valence-corrected chi connectivity index (χ2v) is 7.46. The molecule has 1 aliphatic heterocycles. The highest BCUT2D eigenvalue weighted by Gasteiger charge is 2.64. The molecule has 1 saturated heterocycles. The molecule has 0 aliphatic carbocycles. The quantitative estimate of drug-likeness (QED) is 0.403. The van der Waals surface area contributed by atoms with Gasteiger partial charge >= 0.3 is 5.97 Å². The van der Waals surface area contributed by atoms with Gasteiger partial charge in [-0.15, -0.1) is 35.4 Å². The monoisotopic (exact) mass is 410 g/mol. The van der Waals surface area contributed by atoms with Crippen molar-refractivity contribution >= 4 is 5.97 Å². The van der Waals surface area contributed by atoms with E-state index in [9.17, 15) is 35.1 Å². The highest BCUT2D eigenvalue weighted by atomic mass is 17.0. The Labute approximate surface area is 158 Å². The number of hydrogen-bond acceptors (Lipinski definition) is 12. The van der Waals surface area contributed by atoms with E-state index in [2.05, 4.69) is 14.5 Å². The van der Waals surface area contributed by atoms with Crippen molar-refractivity contribution in [3.63, 3.8) is 0 Å². The van der Waals surface area contributed by atoms with Crippen LogP contribution in [0.25, 0.3) is 0 Å². The Hall–Kier alpha value is -2.97. The minimum Gasteiger partial charge on any atom is -0.366 e. The lowest BCUT2D eigenvalue weighted by atomic mass is 9.75. The van der Waals surface area contributed by atoms with Crippen molar-refractivity contribution in [2.75, 3.05) is 0 Å². The van der Waals surface area contributed by atoms with E-state index < -0.39 is 56.5 Å². The third-order valence-corrected chi connectivity index (χ3v) is 4.30. The summed E-state index contributed by atoms with van der Waals surface area (Å²) in [6.45, 7) is 8.43. The number of hydrogen-bond donors (Lipinski definition) is 0. The fraction of sp³-hybridized carbons (Fsp3) is 0.923. The van der Waals surface area contributed by atoms with Gasteiger partial charge in [0.15, 0.2) is 18.3 Å². The molecule has 15 nitrogen and oxygen atoms in total. The molecular formula is C13H22N4O11. The standard InChI is InChI=1S/C13H22N4O11/c1-7(2)11(18)28-14-12(3,4)9(26-16(21)22)8(25-15(19)20)10(13(14,5)6)27-17(23)24/h7-10H,1-6H3. The van der Waals surface area contributed by atoms with Crippen LogP contribution in [-0.4, -0.2) is 55.7 Å². The Kier molecular flexibility index (Phi) is 6.55. The van der Waals surface area contributed by atoms with E-state index in [1.165, 1.54) is 41.5 Å². The van der Waals surface area contributed by atoms with E-state index in [0.29, 0.717) is 0 Å². The number of rotatable bonds is 8. The molecule has 15 heteroatoms. The number of nitrogens with zero attached hydrogens (tertiary/aromatic N) is 4. The zero-order valence-corrected chi connectivity index (χ0v) is 16.1. The van der Waals surface area contributed by atoms with Crippen LogP contribution in [0.4, 0.5) is 0 Å². The van der Waals surface area contributed by atoms with Crippen molar-refractivity contribution in [3.8, 4) is 0 Å². The molecule has 0 aromatic carbocycles. The fourth-order valence-corrected chi connectivity index (χ4v) is 3.14. The minimum absolute atomic E-state index is 0.607. The van der Waals surface area contributed by atoms with Crippen molar-refractivity contribution in [1.29, 1.82) is 0 Å². The van der Waals surface area contributed by atoms with E-state index in [0.717, 1.165) is 5.06 Å². The molecule has 2 unspecified atom stereocenters. The predicted molar refractivity (Wildman–Crippen MR) is 86.5 cm³/mol. The third kappa shape index (κ3) is 4.65. The Bertz CT molecular complexity index is 614. The molecule has 28 heavy (non-hydrogen) atoms. The summed E-state index contributed by atoms with van der Waals surface area (Å²) in [5, 5.41) is 30.1. The van der Waals surface area contributed by atoms with Crippen LogP contribution in [0.15, 0.2) is 0 Å². The van der Waals surface area contributed by atoms with E-state index in [-0.39, 0.29) is 0 Å². The summed E-state index contributed by atoms with van der Waals surface area (Å²) in [4.78, 5) is 63.9. The molecule has 1 heterocycles. The SMILES string of the molecule is CC(C)C(=O)ON1C(C)(C)C(O[N+](=O)[O-])C(O[N+](=O)[O-])C(O[N+](=O)[O-])C1(C)C. The zero-order valence-electron chi connectivity index (χ0n) is 16.1. The highest BCUT2D eigenvalue weighted by Crippen LogP contribution is 2.43. The molecule has 160 valence electrons. The second kappa shape index (κ2) is 7.95. The van der Waals surface area contributed by atoms with Gasteiger partial charge in [0.25, 0.3) is 15.3 Å². The third-order valence-electron chi connectivity index (χ3n) is 4.30. The van der Waals surface area contributed by atoms with Crippen LogP contribution in [0, 0.1) is 36.3 Å². The summed E-state index contributed by atoms with van der Waals surface area (Å²) in [6, 6.07) is 0. The molecule has 1 aliphatic rings. The van der Waals surface area contributed by atoms with Gasteiger partial charge in [-0.1, -0.05) is 13.8 Å². The van der Waals surface area contributed by atoms with Crippen LogP contribution in [0.3, 0.4) is 0 Å². The molecule has 0 saturated carbocycles. The number of piperidine rings is 1. The van der Waals surface area contributed by atoms with Crippen molar-refractivity contribution in [2.24, 2.45) is 5.92 Å². The maximum absolute atomic E-state index is 12.2. The maximum atomic E-state index is 12.2. The van der Waals surface area contributed by atoms with Gasteiger partial charge in [-0.25, -0.2) is 0 Å². The van der Waals surface area contributed by atoms with Crippen LogP contribution >= 0.6 is 0 Å². The molecule has 0 spiro atoms. The van der Waals surface area contributed by atoms with Crippen molar-refractivity contribution in [3.05, 3.63) is 30.3 Å². The van der Waals surface area contributed by atoms with Crippen LogP contribution in [0.1, 0.15) is 41.5 Å². The van der Waals surface area contributed by atoms with Gasteiger partial charge in [-0.2, -0.15) is 0 Å². The van der Waals surface area contributed by atoms with Crippen molar-refractivity contribution in [2.45, 2.75) is 70.9 Å². The fourth-order valence-electron chi connectivity index (χ4n) is 3.14. The summed E-state index contributed by atoms with van der Waals surface area (Å²) in [5.41, 5.74) is -3.17. The van der Waals surface area contributed by atoms with Gasteiger partial charge in [0, 0.05) is 0 Å². The Morgan fingerprint density at radius 2 is 1.21 bits per heavy atom. The largest absolute Gasteiger partial charge is 0.366 e. The number of carbonyl (C=O) groups is 1. The molecule has 0 amide bonds. The normalized spacial score (nSPS) is 26.2. The van der Waals surface area contributed by atoms with Gasteiger partial charge < -0.3 is 19.4 Å². The first-order valence-electron chi connectivity index (χ1n) is 8.08. The summed E-state index contributed by atoms with van der Waals surface area (Å²) in [7, 11) is 0. The average Bonchev–Trinajstić information content (AvgIpc) is 2.50. The second-order valence-electron chi connectivity index (χ2n) is 7.46. The summed E-state index contributed by atoms with van der Waals surface area (Å²) >= 11 is 0. The molecule has 0 bridgehead atoms. The Morgan fingerprint density at radius 1 is 0.857 bits per heavy atom. The summed E-state index contributed by atoms with van der Waals surface area (Å²) < 4.78 is 0. The van der Waals surface area contributed by atoms with Gasteiger partial charge in [0.1, 0.15) is 0 Å². The smallest absolute Gasteiger partial charge is 0.327 e. The highest BCUT2D eigenvalue weighted by molar-refractivity contribution is 5.71. The van der Waals surface area contributed by atoms with Gasteiger partial charge in [-0.05, 0) is 27.7 Å². The lowest BCUT2D eigenvalue weighted by Crippen LogP contribution is -2.77. The summed E-state index contributed by atoms with van der Waals surface area (Å²) in [5.74, 6) is -1.35. The lowest BCUT2D eigenvalue weighted by molar-refractivity contribution is -0.824. The maximum Gasteiger partial charge on any atom is 0.327 e. The van der Waals surface area contributed by atoms with E-state index >= 15 is 0 Å². The Morgan fingerprint density at radius 3 is 1.50 bits per heavy atom. The first kappa shape index (κ1) is 23.1. The average molecular weight is 410 g/mol. The first-order valence-corrected chi connectivity index (χ1v) is 8.08. The van der Waals surface area contributed by atoms with Crippen molar-refractivity contribution < 1.29 is 39.4 Å². The van der Waals surface area contributed by atoms with Crippen LogP contribution in [-0.2, 0) is 24.1 Å². The minimum atomic E-state index is -1.88. The molecule has 0 aromatic heterocycles. The van der Waals surface area contributed by atoms with Crippen LogP contribution < -0.4 is 0 Å². The molecule has 0 N–H and O–H groups in total. The number of hydroxylamine groups is 2. The lowest BCUT2D eigenvalue weighted by Gasteiger charge is -2.57. The molecule has 0 radical (unpaired) electrons. The van der Waals surface area contributed by atoms with E-state index in [1.54, 1.807) is 0 Å². The number of carbonyl (C=O) groups excluding carboxylic acids is 1. The van der Waals surface area contributed by atoms with Gasteiger partial charge in [0.05, 0.1) is 17.0 Å². The summed E-state index contributed by atoms with van der Waals surface area (Å²) in [6.07, 6.45) is -5.46. The molecular weight excluding hydrogens is 388 g/mol. The van der Waals surface area contributed by atoms with Crippen LogP contribution in [0.2, 0.25) is 0 Å². The van der Waals surface area contributed by atoms with E-state index in [1.807, 2.05) is 0 Å². The molecule has 1 rings (SSSR count). The zero-order chi connectivity index (χ0) is 22.0. The van der Waals surface area contributed by atoms with Gasteiger partial charge in [0.2, 0.25) is 0 Å². The van der Waals surface area contributed by atoms with Crippen molar-refractivity contribution in [1.82, 2.24) is 5.06 Å². The molecule has 1 fully saturated rings. The predicted octanol–water partition coefficient (Wildman–Crippen LogP) is 0.704. The topological polar surface area (TPSA) is 187 Å². The first-order chi connectivity index (χ1) is 12.6. The van der Waals surface area contributed by atoms with E-state index in [4.69, 9.17) is 4.84 Å². The van der Waals surface area contributed by atoms with Crippen LogP contribution in [0.5, 0.6) is 0 Å².